The SMILES string of the molecule is O=C(NCc1cccs1)Nc1cc(-c2ccccc2)nn1-c1nc2c(c(=O)[nH]1)CCCC2. The van der Waals surface area contributed by atoms with Crippen LogP contribution in [-0.2, 0) is 19.4 Å². The molecule has 0 fully saturated rings. The molecule has 5 rings (SSSR count). The van der Waals surface area contributed by atoms with Crippen LogP contribution in [0.25, 0.3) is 17.2 Å². The Labute approximate surface area is 188 Å². The number of hydrogen-bond acceptors (Lipinski definition) is 5. The molecule has 2 amide bonds. The zero-order valence-electron chi connectivity index (χ0n) is 17.3. The molecule has 3 N–H and O–H groups in total. The number of carbonyl (C=O) groups excluding carboxylic acids is 1. The Balaban J connectivity index is 1.49. The van der Waals surface area contributed by atoms with Gasteiger partial charge in [-0.25, -0.2) is 9.78 Å². The van der Waals surface area contributed by atoms with Crippen LogP contribution < -0.4 is 16.2 Å². The van der Waals surface area contributed by atoms with Crippen molar-refractivity contribution in [2.24, 2.45) is 0 Å². The number of carbonyl (C=O) groups is 1. The fraction of sp³-hybridized carbons (Fsp3) is 0.217. The molecule has 0 aliphatic heterocycles. The van der Waals surface area contributed by atoms with Gasteiger partial charge in [0, 0.05) is 22.1 Å². The van der Waals surface area contributed by atoms with Crippen LogP contribution in [0.4, 0.5) is 10.6 Å². The zero-order chi connectivity index (χ0) is 21.9. The number of hydrogen-bond donors (Lipinski definition) is 3. The highest BCUT2D eigenvalue weighted by Gasteiger charge is 2.20. The van der Waals surface area contributed by atoms with Gasteiger partial charge in [-0.15, -0.1) is 11.3 Å². The maximum absolute atomic E-state index is 12.7. The number of rotatable bonds is 5. The smallest absolute Gasteiger partial charge is 0.320 e. The second-order valence-corrected chi connectivity index (χ2v) is 8.63. The zero-order valence-corrected chi connectivity index (χ0v) is 18.1. The summed E-state index contributed by atoms with van der Waals surface area (Å²) in [6, 6.07) is 15.0. The molecule has 4 aromatic rings. The molecule has 9 heteroatoms. The summed E-state index contributed by atoms with van der Waals surface area (Å²) in [5, 5.41) is 12.3. The molecule has 0 saturated carbocycles. The van der Waals surface area contributed by atoms with E-state index < -0.39 is 0 Å². The Morgan fingerprint density at radius 1 is 1.12 bits per heavy atom. The van der Waals surface area contributed by atoms with Crippen molar-refractivity contribution in [1.29, 1.82) is 0 Å². The van der Waals surface area contributed by atoms with Gasteiger partial charge in [-0.05, 0) is 37.1 Å². The van der Waals surface area contributed by atoms with Crippen LogP contribution in [0.1, 0.15) is 29.0 Å². The lowest BCUT2D eigenvalue weighted by atomic mass is 9.97. The van der Waals surface area contributed by atoms with E-state index in [1.807, 2.05) is 47.8 Å². The number of urea groups is 1. The lowest BCUT2D eigenvalue weighted by molar-refractivity contribution is 0.251. The summed E-state index contributed by atoms with van der Waals surface area (Å²) in [5.74, 6) is 0.720. The summed E-state index contributed by atoms with van der Waals surface area (Å²) >= 11 is 1.58. The number of thiophene rings is 1. The molecule has 3 heterocycles. The molecule has 1 aliphatic carbocycles. The van der Waals surface area contributed by atoms with Gasteiger partial charge in [0.2, 0.25) is 5.95 Å². The summed E-state index contributed by atoms with van der Waals surface area (Å²) in [7, 11) is 0. The number of anilines is 1. The van der Waals surface area contributed by atoms with Gasteiger partial charge in [0.15, 0.2) is 0 Å². The summed E-state index contributed by atoms with van der Waals surface area (Å²) in [5.41, 5.74) is 2.97. The van der Waals surface area contributed by atoms with Crippen molar-refractivity contribution in [1.82, 2.24) is 25.1 Å². The maximum atomic E-state index is 12.7. The highest BCUT2D eigenvalue weighted by atomic mass is 32.1. The van der Waals surface area contributed by atoms with Crippen molar-refractivity contribution in [2.75, 3.05) is 5.32 Å². The highest BCUT2D eigenvalue weighted by molar-refractivity contribution is 7.09. The maximum Gasteiger partial charge on any atom is 0.320 e. The van der Waals surface area contributed by atoms with Crippen molar-refractivity contribution in [3.63, 3.8) is 0 Å². The van der Waals surface area contributed by atoms with Crippen LogP contribution in [0.3, 0.4) is 0 Å². The molecule has 1 aromatic carbocycles. The predicted octanol–water partition coefficient (Wildman–Crippen LogP) is 3.88. The van der Waals surface area contributed by atoms with Gasteiger partial charge in [-0.3, -0.25) is 15.1 Å². The van der Waals surface area contributed by atoms with Crippen LogP contribution in [-0.4, -0.2) is 25.8 Å². The van der Waals surface area contributed by atoms with Crippen LogP contribution in [0.5, 0.6) is 0 Å². The average molecular weight is 447 g/mol. The van der Waals surface area contributed by atoms with Crippen molar-refractivity contribution in [3.05, 3.63) is 80.4 Å². The van der Waals surface area contributed by atoms with Crippen molar-refractivity contribution >= 4 is 23.2 Å². The Morgan fingerprint density at radius 3 is 2.78 bits per heavy atom. The molecule has 0 bridgehead atoms. The molecule has 0 spiro atoms. The molecule has 3 aromatic heterocycles. The highest BCUT2D eigenvalue weighted by Crippen LogP contribution is 2.24. The van der Waals surface area contributed by atoms with Crippen LogP contribution in [0, 0.1) is 0 Å². The predicted molar refractivity (Wildman–Crippen MR) is 124 cm³/mol. The molecule has 1 aliphatic rings. The average Bonchev–Trinajstić information content (AvgIpc) is 3.48. The fourth-order valence-electron chi connectivity index (χ4n) is 3.81. The van der Waals surface area contributed by atoms with E-state index in [-0.39, 0.29) is 11.6 Å². The van der Waals surface area contributed by atoms with Crippen molar-refractivity contribution < 1.29 is 4.79 Å². The molecule has 162 valence electrons. The van der Waals surface area contributed by atoms with Gasteiger partial charge in [0.25, 0.3) is 5.56 Å². The quantitative estimate of drug-likeness (QED) is 0.433. The number of aryl methyl sites for hydroxylation is 1. The third-order valence-corrected chi connectivity index (χ3v) is 6.28. The lowest BCUT2D eigenvalue weighted by Crippen LogP contribution is -2.29. The minimum absolute atomic E-state index is 0.144. The van der Waals surface area contributed by atoms with Gasteiger partial charge in [-0.1, -0.05) is 36.4 Å². The molecule has 0 radical (unpaired) electrons. The number of nitrogens with zero attached hydrogens (tertiary/aromatic N) is 3. The molecule has 8 nitrogen and oxygen atoms in total. The van der Waals surface area contributed by atoms with Gasteiger partial charge < -0.3 is 5.32 Å². The normalized spacial score (nSPS) is 12.9. The number of aromatic nitrogens is 4. The number of nitrogens with one attached hydrogen (secondary N) is 3. The van der Waals surface area contributed by atoms with E-state index in [4.69, 9.17) is 0 Å². The minimum atomic E-state index is -0.362. The second kappa shape index (κ2) is 8.80. The van der Waals surface area contributed by atoms with Crippen molar-refractivity contribution in [2.45, 2.75) is 32.2 Å². The molecule has 0 saturated heterocycles. The van der Waals surface area contributed by atoms with E-state index in [0.717, 1.165) is 47.4 Å². The third-order valence-electron chi connectivity index (χ3n) is 5.40. The monoisotopic (exact) mass is 446 g/mol. The van der Waals surface area contributed by atoms with E-state index in [0.29, 0.717) is 24.0 Å². The largest absolute Gasteiger partial charge is 0.333 e. The number of benzene rings is 1. The topological polar surface area (TPSA) is 105 Å². The second-order valence-electron chi connectivity index (χ2n) is 7.60. The number of H-pyrrole nitrogens is 1. The third kappa shape index (κ3) is 4.19. The van der Waals surface area contributed by atoms with Gasteiger partial charge >= 0.3 is 6.03 Å². The minimum Gasteiger partial charge on any atom is -0.333 e. The molecular formula is C23H22N6O2S. The lowest BCUT2D eigenvalue weighted by Gasteiger charge is -2.15. The summed E-state index contributed by atoms with van der Waals surface area (Å²) in [4.78, 5) is 33.8. The van der Waals surface area contributed by atoms with E-state index in [1.165, 1.54) is 4.68 Å². The Morgan fingerprint density at radius 2 is 1.97 bits per heavy atom. The first kappa shape index (κ1) is 20.2. The number of fused-ring (bicyclic) bond motifs is 1. The number of amides is 2. The van der Waals surface area contributed by atoms with Crippen LogP contribution in [0.2, 0.25) is 0 Å². The molecule has 32 heavy (non-hydrogen) atoms. The van der Waals surface area contributed by atoms with Crippen LogP contribution >= 0.6 is 11.3 Å². The first-order valence-electron chi connectivity index (χ1n) is 10.5. The fourth-order valence-corrected chi connectivity index (χ4v) is 4.46. The first-order valence-corrected chi connectivity index (χ1v) is 11.4. The van der Waals surface area contributed by atoms with Crippen LogP contribution in [0.15, 0.2) is 58.7 Å². The standard InChI is InChI=1S/C23H22N6O2S/c30-21-17-10-4-5-11-18(17)25-22(27-21)29-20(13-19(28-29)15-7-2-1-3-8-15)26-23(31)24-14-16-9-6-12-32-16/h1-3,6-9,12-13H,4-5,10-11,14H2,(H2,24,26,31)(H,25,27,30). The summed E-state index contributed by atoms with van der Waals surface area (Å²) < 4.78 is 1.49. The Bertz CT molecular complexity index is 1290. The summed E-state index contributed by atoms with van der Waals surface area (Å²) in [6.07, 6.45) is 3.51. The van der Waals surface area contributed by atoms with Gasteiger partial charge in [0.1, 0.15) is 5.82 Å². The van der Waals surface area contributed by atoms with Gasteiger partial charge in [-0.2, -0.15) is 9.78 Å². The molecule has 0 atom stereocenters. The number of aromatic amines is 1. The van der Waals surface area contributed by atoms with Crippen molar-refractivity contribution in [3.8, 4) is 17.2 Å². The summed E-state index contributed by atoms with van der Waals surface area (Å²) in [6.45, 7) is 0.428. The Kier molecular flexibility index (Phi) is 5.55. The van der Waals surface area contributed by atoms with E-state index in [1.54, 1.807) is 17.4 Å². The van der Waals surface area contributed by atoms with Gasteiger partial charge in [0.05, 0.1) is 17.9 Å². The molecule has 0 unspecified atom stereocenters. The Hall–Kier alpha value is -3.72. The molecular weight excluding hydrogens is 424 g/mol. The van der Waals surface area contributed by atoms with E-state index in [2.05, 4.69) is 25.7 Å². The first-order chi connectivity index (χ1) is 15.7. The van der Waals surface area contributed by atoms with E-state index in [9.17, 15) is 9.59 Å². The van der Waals surface area contributed by atoms with E-state index >= 15 is 0 Å².